The molecule has 0 heterocycles. The van der Waals surface area contributed by atoms with Crippen molar-refractivity contribution >= 4 is 17.9 Å². The molecule has 7 heteroatoms. The van der Waals surface area contributed by atoms with Crippen LogP contribution in [0, 0.1) is 0 Å². The molecule has 0 bridgehead atoms. The zero-order valence-electron chi connectivity index (χ0n) is 12.5. The van der Waals surface area contributed by atoms with Crippen LogP contribution in [0.3, 0.4) is 0 Å². The van der Waals surface area contributed by atoms with Crippen LogP contribution in [-0.4, -0.2) is 62.3 Å². The number of rotatable bonds is 12. The summed E-state index contributed by atoms with van der Waals surface area (Å²) in [5, 5.41) is 0. The van der Waals surface area contributed by atoms with Crippen LogP contribution in [0.15, 0.2) is 38.0 Å². The number of hydrogen-bond donors (Lipinski definition) is 0. The first-order chi connectivity index (χ1) is 10.5. The van der Waals surface area contributed by atoms with Crippen LogP contribution in [0.1, 0.15) is 0 Å². The highest BCUT2D eigenvalue weighted by Crippen LogP contribution is 1.93. The molecule has 0 radical (unpaired) electrons. The number of carbonyl (C=O) groups is 3. The number of nitrogens with zero attached hydrogens (tertiary/aromatic N) is 1. The van der Waals surface area contributed by atoms with Crippen LogP contribution < -0.4 is 0 Å². The lowest BCUT2D eigenvalue weighted by Gasteiger charge is -2.21. The first-order valence-corrected chi connectivity index (χ1v) is 6.63. The molecule has 0 saturated carbocycles. The SMILES string of the molecule is C=CC(=O)OCCN(CCOC(=O)C=C)CCOC(=O)C=C. The first kappa shape index (κ1) is 19.6. The Morgan fingerprint density at radius 3 is 1.18 bits per heavy atom. The van der Waals surface area contributed by atoms with Crippen molar-refractivity contribution in [1.29, 1.82) is 0 Å². The van der Waals surface area contributed by atoms with Crippen LogP contribution in [0.25, 0.3) is 0 Å². The van der Waals surface area contributed by atoms with Gasteiger partial charge in [-0.3, -0.25) is 4.90 Å². The number of ether oxygens (including phenoxy) is 3. The second kappa shape index (κ2) is 12.3. The molecule has 0 atom stereocenters. The predicted molar refractivity (Wildman–Crippen MR) is 79.9 cm³/mol. The lowest BCUT2D eigenvalue weighted by atomic mass is 10.4. The van der Waals surface area contributed by atoms with E-state index in [2.05, 4.69) is 19.7 Å². The van der Waals surface area contributed by atoms with Crippen molar-refractivity contribution in [3.8, 4) is 0 Å². The highest BCUT2D eigenvalue weighted by atomic mass is 16.5. The number of carbonyl (C=O) groups excluding carboxylic acids is 3. The smallest absolute Gasteiger partial charge is 0.330 e. The minimum atomic E-state index is -0.517. The summed E-state index contributed by atoms with van der Waals surface area (Å²) in [4.78, 5) is 34.7. The minimum Gasteiger partial charge on any atom is -0.461 e. The Hall–Kier alpha value is -2.41. The third kappa shape index (κ3) is 10.4. The second-order valence-electron chi connectivity index (χ2n) is 3.96. The van der Waals surface area contributed by atoms with Crippen LogP contribution in [0.4, 0.5) is 0 Å². The van der Waals surface area contributed by atoms with Crippen LogP contribution in [0.5, 0.6) is 0 Å². The summed E-state index contributed by atoms with van der Waals surface area (Å²) in [5.41, 5.74) is 0. The van der Waals surface area contributed by atoms with Gasteiger partial charge in [-0.2, -0.15) is 0 Å². The second-order valence-corrected chi connectivity index (χ2v) is 3.96. The molecule has 22 heavy (non-hydrogen) atoms. The highest BCUT2D eigenvalue weighted by molar-refractivity contribution is 5.81. The third-order valence-electron chi connectivity index (χ3n) is 2.46. The Labute approximate surface area is 129 Å². The zero-order chi connectivity index (χ0) is 16.8. The zero-order valence-corrected chi connectivity index (χ0v) is 12.5. The van der Waals surface area contributed by atoms with Crippen molar-refractivity contribution in [3.63, 3.8) is 0 Å². The molecular weight excluding hydrogens is 290 g/mol. The van der Waals surface area contributed by atoms with Crippen LogP contribution in [-0.2, 0) is 28.6 Å². The first-order valence-electron chi connectivity index (χ1n) is 6.63. The number of esters is 3. The van der Waals surface area contributed by atoms with Crippen molar-refractivity contribution in [2.75, 3.05) is 39.5 Å². The summed E-state index contributed by atoms with van der Waals surface area (Å²) in [6, 6.07) is 0. The Bertz CT molecular complexity index is 356. The summed E-state index contributed by atoms with van der Waals surface area (Å²) < 4.78 is 14.6. The Morgan fingerprint density at radius 1 is 0.682 bits per heavy atom. The molecule has 0 saturated heterocycles. The highest BCUT2D eigenvalue weighted by Gasteiger charge is 2.08. The molecule has 0 aromatic carbocycles. The normalized spacial score (nSPS) is 9.68. The Balaban J connectivity index is 4.16. The van der Waals surface area contributed by atoms with Gasteiger partial charge in [0.25, 0.3) is 0 Å². The summed E-state index contributed by atoms with van der Waals surface area (Å²) in [6.07, 6.45) is 3.21. The van der Waals surface area contributed by atoms with Gasteiger partial charge in [0.15, 0.2) is 0 Å². The molecule has 0 aliphatic rings. The quantitative estimate of drug-likeness (QED) is 0.294. The molecule has 0 aromatic rings. The van der Waals surface area contributed by atoms with Gasteiger partial charge in [-0.1, -0.05) is 19.7 Å². The predicted octanol–water partition coefficient (Wildman–Crippen LogP) is 0.476. The minimum absolute atomic E-state index is 0.148. The van der Waals surface area contributed by atoms with E-state index in [1.54, 1.807) is 0 Å². The standard InChI is InChI=1S/C15H21NO6/c1-4-13(17)20-10-7-16(8-11-21-14(18)5-2)9-12-22-15(19)6-3/h4-6H,1-3,7-12H2. The topological polar surface area (TPSA) is 82.1 Å². The molecule has 0 aliphatic carbocycles. The molecule has 0 amide bonds. The van der Waals surface area contributed by atoms with Gasteiger partial charge in [0.05, 0.1) is 0 Å². The average molecular weight is 311 g/mol. The molecule has 0 N–H and O–H groups in total. The Morgan fingerprint density at radius 2 is 0.955 bits per heavy atom. The molecule has 0 aromatic heterocycles. The van der Waals surface area contributed by atoms with Gasteiger partial charge in [0.1, 0.15) is 19.8 Å². The molecule has 7 nitrogen and oxygen atoms in total. The molecular formula is C15H21NO6. The van der Waals surface area contributed by atoms with E-state index < -0.39 is 17.9 Å². The maximum atomic E-state index is 11.0. The fourth-order valence-corrected chi connectivity index (χ4v) is 1.34. The fourth-order valence-electron chi connectivity index (χ4n) is 1.34. The van der Waals surface area contributed by atoms with Gasteiger partial charge in [-0.15, -0.1) is 0 Å². The average Bonchev–Trinajstić information content (AvgIpc) is 2.53. The summed E-state index contributed by atoms with van der Waals surface area (Å²) in [6.45, 7) is 11.5. The summed E-state index contributed by atoms with van der Waals surface area (Å²) in [5.74, 6) is -1.55. The molecule has 122 valence electrons. The van der Waals surface area contributed by atoms with E-state index in [0.717, 1.165) is 18.2 Å². The third-order valence-corrected chi connectivity index (χ3v) is 2.46. The molecule has 0 aliphatic heterocycles. The summed E-state index contributed by atoms with van der Waals surface area (Å²) in [7, 11) is 0. The van der Waals surface area contributed by atoms with E-state index in [1.807, 2.05) is 4.90 Å². The lowest BCUT2D eigenvalue weighted by molar-refractivity contribution is -0.138. The lowest BCUT2D eigenvalue weighted by Crippen LogP contribution is -2.35. The van der Waals surface area contributed by atoms with Gasteiger partial charge in [-0.05, 0) is 0 Å². The van der Waals surface area contributed by atoms with Gasteiger partial charge >= 0.3 is 17.9 Å². The Kier molecular flexibility index (Phi) is 11.0. The summed E-state index contributed by atoms with van der Waals surface area (Å²) >= 11 is 0. The van der Waals surface area contributed by atoms with Crippen molar-refractivity contribution in [2.24, 2.45) is 0 Å². The van der Waals surface area contributed by atoms with Crippen molar-refractivity contribution in [3.05, 3.63) is 38.0 Å². The molecule has 0 rings (SSSR count). The van der Waals surface area contributed by atoms with Gasteiger partial charge < -0.3 is 14.2 Å². The van der Waals surface area contributed by atoms with Crippen molar-refractivity contribution in [2.45, 2.75) is 0 Å². The molecule has 0 unspecified atom stereocenters. The van der Waals surface area contributed by atoms with E-state index in [-0.39, 0.29) is 19.8 Å². The van der Waals surface area contributed by atoms with Gasteiger partial charge in [0, 0.05) is 37.9 Å². The maximum absolute atomic E-state index is 11.0. The fraction of sp³-hybridized carbons (Fsp3) is 0.400. The monoisotopic (exact) mass is 311 g/mol. The van der Waals surface area contributed by atoms with Gasteiger partial charge in [-0.25, -0.2) is 14.4 Å². The van der Waals surface area contributed by atoms with E-state index in [1.165, 1.54) is 0 Å². The van der Waals surface area contributed by atoms with Crippen molar-refractivity contribution < 1.29 is 28.6 Å². The van der Waals surface area contributed by atoms with E-state index >= 15 is 0 Å². The molecule has 0 spiro atoms. The van der Waals surface area contributed by atoms with Crippen LogP contribution >= 0.6 is 0 Å². The molecule has 0 fully saturated rings. The van der Waals surface area contributed by atoms with Crippen LogP contribution in [0.2, 0.25) is 0 Å². The van der Waals surface area contributed by atoms with Crippen molar-refractivity contribution in [1.82, 2.24) is 4.90 Å². The maximum Gasteiger partial charge on any atom is 0.330 e. The van der Waals surface area contributed by atoms with Gasteiger partial charge in [0.2, 0.25) is 0 Å². The number of hydrogen-bond acceptors (Lipinski definition) is 7. The van der Waals surface area contributed by atoms with E-state index in [9.17, 15) is 14.4 Å². The van der Waals surface area contributed by atoms with E-state index in [4.69, 9.17) is 14.2 Å². The largest absolute Gasteiger partial charge is 0.461 e. The van der Waals surface area contributed by atoms with E-state index in [0.29, 0.717) is 19.6 Å².